The molecule has 2 heterocycles. The van der Waals surface area contributed by atoms with E-state index in [2.05, 4.69) is 4.98 Å². The number of ether oxygens (including phenoxy) is 3. The summed E-state index contributed by atoms with van der Waals surface area (Å²) in [6.07, 6.45) is 3.25. The summed E-state index contributed by atoms with van der Waals surface area (Å²) < 4.78 is 32.5. The minimum atomic E-state index is -2.19. The van der Waals surface area contributed by atoms with Gasteiger partial charge in [0.1, 0.15) is 6.23 Å². The molecule has 0 unspecified atom stereocenters. The summed E-state index contributed by atoms with van der Waals surface area (Å²) in [6, 6.07) is 1.16. The van der Waals surface area contributed by atoms with Crippen LogP contribution < -0.4 is 11.2 Å². The molecule has 27 heavy (non-hydrogen) atoms. The van der Waals surface area contributed by atoms with Crippen LogP contribution in [-0.2, 0) is 19.0 Å². The number of nitrogens with one attached hydrogen (secondary N) is 1. The highest BCUT2D eigenvalue weighted by Gasteiger charge is 2.48. The number of nitrogens with zero attached hydrogens (tertiary/aromatic N) is 1. The van der Waals surface area contributed by atoms with Gasteiger partial charge in [-0.1, -0.05) is 0 Å². The van der Waals surface area contributed by atoms with Gasteiger partial charge in [-0.25, -0.2) is 14.0 Å². The number of aromatic amines is 1. The first kappa shape index (κ1) is 19.8. The molecule has 0 aromatic carbocycles. The first-order valence-corrected chi connectivity index (χ1v) is 9.26. The zero-order chi connectivity index (χ0) is 19.7. The quantitative estimate of drug-likeness (QED) is 0.751. The summed E-state index contributed by atoms with van der Waals surface area (Å²) in [7, 11) is 0. The molecule has 1 aromatic rings. The minimum absolute atomic E-state index is 0.0332. The summed E-state index contributed by atoms with van der Waals surface area (Å²) in [4.78, 5) is 37.6. The molecule has 1 saturated carbocycles. The Bertz CT molecular complexity index is 798. The van der Waals surface area contributed by atoms with Gasteiger partial charge in [0.05, 0.1) is 6.10 Å². The summed E-state index contributed by atoms with van der Waals surface area (Å²) in [6.45, 7) is 3.12. The monoisotopic (exact) mass is 384 g/mol. The van der Waals surface area contributed by atoms with Gasteiger partial charge in [-0.3, -0.25) is 14.3 Å². The van der Waals surface area contributed by atoms with Crippen molar-refractivity contribution < 1.29 is 23.4 Å². The third kappa shape index (κ3) is 4.30. The molecule has 3 rings (SSSR count). The number of hydrogen-bond donors (Lipinski definition) is 1. The molecule has 2 aliphatic rings. The molecule has 0 amide bonds. The van der Waals surface area contributed by atoms with Crippen LogP contribution in [-0.4, -0.2) is 39.7 Å². The van der Waals surface area contributed by atoms with E-state index in [1.54, 1.807) is 0 Å². The van der Waals surface area contributed by atoms with Crippen molar-refractivity contribution in [1.29, 1.82) is 0 Å². The zero-order valence-corrected chi connectivity index (χ0v) is 15.5. The molecular formula is C18H25FN2O6. The molecule has 0 radical (unpaired) electrons. The van der Waals surface area contributed by atoms with Crippen LogP contribution in [0.1, 0.15) is 58.6 Å². The van der Waals surface area contributed by atoms with Gasteiger partial charge in [-0.05, 0) is 46.0 Å². The maximum absolute atomic E-state index is 15.0. The highest BCUT2D eigenvalue weighted by Crippen LogP contribution is 2.39. The Labute approximate surface area is 155 Å². The average Bonchev–Trinajstić information content (AvgIpc) is 3.20. The van der Waals surface area contributed by atoms with Crippen LogP contribution in [0.15, 0.2) is 21.9 Å². The first-order valence-electron chi connectivity index (χ1n) is 9.26. The van der Waals surface area contributed by atoms with E-state index in [-0.39, 0.29) is 18.9 Å². The average molecular weight is 384 g/mol. The van der Waals surface area contributed by atoms with Crippen molar-refractivity contribution >= 4 is 5.97 Å². The number of halogens is 1. The predicted octanol–water partition coefficient (Wildman–Crippen LogP) is 1.79. The van der Waals surface area contributed by atoms with Crippen molar-refractivity contribution in [2.75, 3.05) is 6.61 Å². The summed E-state index contributed by atoms with van der Waals surface area (Å²) in [5.74, 6) is -2.76. The molecule has 2 atom stereocenters. The molecule has 1 saturated heterocycles. The Morgan fingerprint density at radius 2 is 2.07 bits per heavy atom. The van der Waals surface area contributed by atoms with E-state index < -0.39 is 41.5 Å². The van der Waals surface area contributed by atoms with E-state index in [1.165, 1.54) is 6.20 Å². The second kappa shape index (κ2) is 7.55. The van der Waals surface area contributed by atoms with Crippen LogP contribution in [0, 0.1) is 0 Å². The van der Waals surface area contributed by atoms with Crippen molar-refractivity contribution in [2.24, 2.45) is 0 Å². The molecule has 0 spiro atoms. The predicted molar refractivity (Wildman–Crippen MR) is 92.9 cm³/mol. The fourth-order valence-electron chi connectivity index (χ4n) is 3.73. The van der Waals surface area contributed by atoms with Crippen molar-refractivity contribution in [3.8, 4) is 0 Å². The maximum Gasteiger partial charge on any atom is 0.338 e. The zero-order valence-electron chi connectivity index (χ0n) is 15.5. The fraction of sp³-hybridized carbons (Fsp3) is 0.722. The molecule has 2 fully saturated rings. The Hall–Kier alpha value is -2.00. The van der Waals surface area contributed by atoms with Gasteiger partial charge in [0, 0.05) is 18.7 Å². The van der Waals surface area contributed by atoms with Gasteiger partial charge in [0.2, 0.25) is 5.85 Å². The van der Waals surface area contributed by atoms with Crippen LogP contribution in [0.5, 0.6) is 0 Å². The highest BCUT2D eigenvalue weighted by molar-refractivity contribution is 5.80. The Kier molecular flexibility index (Phi) is 5.53. The molecule has 8 nitrogen and oxygen atoms in total. The molecule has 9 heteroatoms. The number of carbonyl (C=O) groups is 1. The number of carbonyl (C=O) groups excluding carboxylic acids is 1. The minimum Gasteiger partial charge on any atom is -0.457 e. The normalized spacial score (nSPS) is 27.2. The Balaban J connectivity index is 1.63. The van der Waals surface area contributed by atoms with Crippen molar-refractivity contribution in [2.45, 2.75) is 76.2 Å². The SMILES string of the molecule is CC(C)OC1(C(=O)OC[C@]2(F)CC[C@H](n3ccc(=O)[nH]c3=O)O2)CCCC1. The van der Waals surface area contributed by atoms with Crippen LogP contribution in [0.4, 0.5) is 4.39 Å². The third-order valence-electron chi connectivity index (χ3n) is 4.94. The summed E-state index contributed by atoms with van der Waals surface area (Å²) in [5, 5.41) is 0. The van der Waals surface area contributed by atoms with E-state index in [9.17, 15) is 18.8 Å². The van der Waals surface area contributed by atoms with Crippen LogP contribution in [0.2, 0.25) is 0 Å². The van der Waals surface area contributed by atoms with Gasteiger partial charge in [-0.2, -0.15) is 0 Å². The topological polar surface area (TPSA) is 99.6 Å². The Morgan fingerprint density at radius 1 is 1.37 bits per heavy atom. The number of aromatic nitrogens is 2. The van der Waals surface area contributed by atoms with E-state index >= 15 is 0 Å². The smallest absolute Gasteiger partial charge is 0.338 e. The lowest BCUT2D eigenvalue weighted by Gasteiger charge is -2.30. The van der Waals surface area contributed by atoms with E-state index in [1.807, 2.05) is 13.8 Å². The second-order valence-electron chi connectivity index (χ2n) is 7.46. The number of rotatable bonds is 6. The highest BCUT2D eigenvalue weighted by atomic mass is 19.2. The van der Waals surface area contributed by atoms with Gasteiger partial charge < -0.3 is 14.2 Å². The second-order valence-corrected chi connectivity index (χ2v) is 7.46. The third-order valence-corrected chi connectivity index (χ3v) is 4.94. The van der Waals surface area contributed by atoms with Gasteiger partial charge >= 0.3 is 11.7 Å². The van der Waals surface area contributed by atoms with E-state index in [0.29, 0.717) is 12.8 Å². The molecule has 1 aromatic heterocycles. The standard InChI is InChI=1S/C18H25FN2O6/c1-12(2)26-17(7-3-4-8-17)15(23)25-11-18(19)9-5-14(27-18)21-10-6-13(22)20-16(21)24/h6,10,12,14H,3-5,7-9,11H2,1-2H3,(H,20,22,24)/t14-,18+/m1/s1. The van der Waals surface area contributed by atoms with E-state index in [4.69, 9.17) is 14.2 Å². The summed E-state index contributed by atoms with van der Waals surface area (Å²) in [5.41, 5.74) is -2.23. The lowest BCUT2D eigenvalue weighted by atomic mass is 10.0. The lowest BCUT2D eigenvalue weighted by molar-refractivity contribution is -0.209. The van der Waals surface area contributed by atoms with Crippen LogP contribution in [0.25, 0.3) is 0 Å². The number of alkyl halides is 1. The molecule has 150 valence electrons. The van der Waals surface area contributed by atoms with Crippen LogP contribution >= 0.6 is 0 Å². The molecule has 1 aliphatic heterocycles. The van der Waals surface area contributed by atoms with Crippen molar-refractivity contribution in [3.63, 3.8) is 0 Å². The largest absolute Gasteiger partial charge is 0.457 e. The Morgan fingerprint density at radius 3 is 2.70 bits per heavy atom. The molecule has 0 bridgehead atoms. The number of hydrogen-bond acceptors (Lipinski definition) is 6. The molecular weight excluding hydrogens is 359 g/mol. The summed E-state index contributed by atoms with van der Waals surface area (Å²) >= 11 is 0. The number of esters is 1. The van der Waals surface area contributed by atoms with Gasteiger partial charge in [-0.15, -0.1) is 0 Å². The van der Waals surface area contributed by atoms with Crippen LogP contribution in [0.3, 0.4) is 0 Å². The molecule has 1 N–H and O–H groups in total. The first-order chi connectivity index (χ1) is 12.7. The lowest BCUT2D eigenvalue weighted by Crippen LogP contribution is -2.44. The van der Waals surface area contributed by atoms with Crippen molar-refractivity contribution in [1.82, 2.24) is 9.55 Å². The fourth-order valence-corrected chi connectivity index (χ4v) is 3.73. The van der Waals surface area contributed by atoms with Crippen molar-refractivity contribution in [3.05, 3.63) is 33.1 Å². The van der Waals surface area contributed by atoms with Gasteiger partial charge in [0.25, 0.3) is 5.56 Å². The maximum atomic E-state index is 15.0. The number of H-pyrrole nitrogens is 1. The van der Waals surface area contributed by atoms with E-state index in [0.717, 1.165) is 23.5 Å². The molecule has 1 aliphatic carbocycles. The van der Waals surface area contributed by atoms with Gasteiger partial charge in [0.15, 0.2) is 12.2 Å².